The summed E-state index contributed by atoms with van der Waals surface area (Å²) in [6.07, 6.45) is 2.50. The lowest BCUT2D eigenvalue weighted by atomic mass is 9.64. The summed E-state index contributed by atoms with van der Waals surface area (Å²) in [4.78, 5) is 12.8. The molecule has 3 rings (SSSR count). The highest BCUT2D eigenvalue weighted by molar-refractivity contribution is 6.30. The molecule has 1 aliphatic carbocycles. The van der Waals surface area contributed by atoms with Crippen molar-refractivity contribution in [2.75, 3.05) is 5.32 Å². The molecule has 1 aliphatic rings. The predicted octanol–water partition coefficient (Wildman–Crippen LogP) is 4.85. The smallest absolute Gasteiger partial charge is 0.235 e. The van der Waals surface area contributed by atoms with Crippen molar-refractivity contribution >= 4 is 23.2 Å². The third-order valence-corrected chi connectivity index (χ3v) is 4.62. The molecule has 1 saturated carbocycles. The van der Waals surface area contributed by atoms with Crippen LogP contribution in [0.4, 0.5) is 10.1 Å². The number of rotatable bonds is 3. The van der Waals surface area contributed by atoms with E-state index >= 15 is 0 Å². The number of anilines is 1. The van der Waals surface area contributed by atoms with Crippen LogP contribution in [0.3, 0.4) is 0 Å². The van der Waals surface area contributed by atoms with Crippen LogP contribution in [0, 0.1) is 12.7 Å². The lowest BCUT2D eigenvalue weighted by molar-refractivity contribution is -0.124. The molecular formula is C18H17ClFNO. The van der Waals surface area contributed by atoms with Crippen molar-refractivity contribution in [2.24, 2.45) is 0 Å². The van der Waals surface area contributed by atoms with Crippen LogP contribution in [-0.4, -0.2) is 5.91 Å². The van der Waals surface area contributed by atoms with Crippen molar-refractivity contribution in [2.45, 2.75) is 31.6 Å². The summed E-state index contributed by atoms with van der Waals surface area (Å²) < 4.78 is 13.9. The fraction of sp³-hybridized carbons (Fsp3) is 0.278. The van der Waals surface area contributed by atoms with Gasteiger partial charge in [-0.1, -0.05) is 36.2 Å². The number of nitrogens with one attached hydrogen (secondary N) is 1. The summed E-state index contributed by atoms with van der Waals surface area (Å²) in [7, 11) is 0. The minimum atomic E-state index is -0.596. The monoisotopic (exact) mass is 317 g/mol. The fourth-order valence-electron chi connectivity index (χ4n) is 2.94. The van der Waals surface area contributed by atoms with E-state index < -0.39 is 11.2 Å². The molecule has 0 spiro atoms. The number of carbonyl (C=O) groups is 1. The maximum atomic E-state index is 13.9. The average molecular weight is 318 g/mol. The molecule has 0 aromatic heterocycles. The van der Waals surface area contributed by atoms with E-state index in [1.807, 2.05) is 25.1 Å². The van der Waals surface area contributed by atoms with Crippen LogP contribution in [0.5, 0.6) is 0 Å². The molecular weight excluding hydrogens is 301 g/mol. The van der Waals surface area contributed by atoms with Gasteiger partial charge in [0.1, 0.15) is 5.82 Å². The Morgan fingerprint density at radius 3 is 2.64 bits per heavy atom. The molecule has 0 unspecified atom stereocenters. The fourth-order valence-corrected chi connectivity index (χ4v) is 3.13. The van der Waals surface area contributed by atoms with Crippen molar-refractivity contribution in [3.8, 4) is 0 Å². The average Bonchev–Trinajstić information content (AvgIpc) is 2.42. The number of hydrogen-bond donors (Lipinski definition) is 1. The third-order valence-electron chi connectivity index (χ3n) is 4.39. The lowest BCUT2D eigenvalue weighted by Gasteiger charge is -2.40. The number of benzene rings is 2. The molecule has 2 aromatic carbocycles. The van der Waals surface area contributed by atoms with Gasteiger partial charge in [0.2, 0.25) is 5.91 Å². The number of hydrogen-bond acceptors (Lipinski definition) is 1. The van der Waals surface area contributed by atoms with Crippen LogP contribution < -0.4 is 5.32 Å². The summed E-state index contributed by atoms with van der Waals surface area (Å²) >= 11 is 6.05. The van der Waals surface area contributed by atoms with Gasteiger partial charge in [-0.2, -0.15) is 0 Å². The molecule has 0 radical (unpaired) electrons. The minimum absolute atomic E-state index is 0.162. The zero-order chi connectivity index (χ0) is 15.7. The van der Waals surface area contributed by atoms with Gasteiger partial charge in [-0.25, -0.2) is 4.39 Å². The normalized spacial score (nSPS) is 16.0. The molecule has 2 nitrogen and oxygen atoms in total. The topological polar surface area (TPSA) is 29.1 Å². The summed E-state index contributed by atoms with van der Waals surface area (Å²) in [5.41, 5.74) is 1.44. The van der Waals surface area contributed by atoms with Crippen LogP contribution in [0.25, 0.3) is 0 Å². The Morgan fingerprint density at radius 1 is 1.23 bits per heavy atom. The second kappa shape index (κ2) is 5.73. The van der Waals surface area contributed by atoms with Crippen molar-refractivity contribution in [3.63, 3.8) is 0 Å². The first-order valence-electron chi connectivity index (χ1n) is 7.35. The second-order valence-electron chi connectivity index (χ2n) is 5.88. The molecule has 0 heterocycles. The van der Waals surface area contributed by atoms with E-state index in [1.165, 1.54) is 6.07 Å². The van der Waals surface area contributed by atoms with Gasteiger partial charge in [0, 0.05) is 5.02 Å². The largest absolute Gasteiger partial charge is 0.323 e. The molecule has 4 heteroatoms. The third kappa shape index (κ3) is 2.61. The Balaban J connectivity index is 1.91. The molecule has 0 bridgehead atoms. The number of halogens is 2. The van der Waals surface area contributed by atoms with Gasteiger partial charge in [0.25, 0.3) is 0 Å². The molecule has 1 amide bonds. The predicted molar refractivity (Wildman–Crippen MR) is 86.7 cm³/mol. The molecule has 0 atom stereocenters. The Kier molecular flexibility index (Phi) is 3.92. The zero-order valence-corrected chi connectivity index (χ0v) is 13.1. The summed E-state index contributed by atoms with van der Waals surface area (Å²) in [5.74, 6) is -0.579. The van der Waals surface area contributed by atoms with E-state index in [1.54, 1.807) is 18.2 Å². The maximum absolute atomic E-state index is 13.9. The van der Waals surface area contributed by atoms with Gasteiger partial charge in [0.15, 0.2) is 0 Å². The first-order valence-corrected chi connectivity index (χ1v) is 7.73. The molecule has 1 N–H and O–H groups in total. The highest BCUT2D eigenvalue weighted by Crippen LogP contribution is 2.45. The molecule has 2 aromatic rings. The quantitative estimate of drug-likeness (QED) is 0.861. The van der Waals surface area contributed by atoms with Crippen molar-refractivity contribution in [1.29, 1.82) is 0 Å². The van der Waals surface area contributed by atoms with Gasteiger partial charge in [-0.15, -0.1) is 0 Å². The maximum Gasteiger partial charge on any atom is 0.235 e. The number of amides is 1. The van der Waals surface area contributed by atoms with Crippen LogP contribution in [0.2, 0.25) is 5.02 Å². The first kappa shape index (κ1) is 15.0. The van der Waals surface area contributed by atoms with Crippen LogP contribution in [-0.2, 0) is 10.2 Å². The van der Waals surface area contributed by atoms with Crippen LogP contribution in [0.15, 0.2) is 42.5 Å². The van der Waals surface area contributed by atoms with E-state index in [2.05, 4.69) is 5.32 Å². The highest BCUT2D eigenvalue weighted by Gasteiger charge is 2.45. The Labute approximate surface area is 134 Å². The van der Waals surface area contributed by atoms with E-state index in [4.69, 9.17) is 11.6 Å². The van der Waals surface area contributed by atoms with Crippen LogP contribution >= 0.6 is 11.6 Å². The van der Waals surface area contributed by atoms with Gasteiger partial charge in [0.05, 0.1) is 11.1 Å². The van der Waals surface area contributed by atoms with E-state index in [0.717, 1.165) is 30.4 Å². The number of carbonyl (C=O) groups excluding carboxylic acids is 1. The minimum Gasteiger partial charge on any atom is -0.323 e. The second-order valence-corrected chi connectivity index (χ2v) is 6.32. The first-order chi connectivity index (χ1) is 10.5. The SMILES string of the molecule is Cc1ccc(F)c(NC(=O)C2(c3cccc(Cl)c3)CCC2)c1. The molecule has 114 valence electrons. The van der Waals surface area contributed by atoms with Gasteiger partial charge < -0.3 is 5.32 Å². The summed E-state index contributed by atoms with van der Waals surface area (Å²) in [5, 5.41) is 3.36. The molecule has 0 saturated heterocycles. The van der Waals surface area contributed by atoms with Crippen molar-refractivity contribution in [1.82, 2.24) is 0 Å². The Hall–Kier alpha value is -1.87. The van der Waals surface area contributed by atoms with E-state index in [0.29, 0.717) is 5.02 Å². The summed E-state index contributed by atoms with van der Waals surface area (Å²) in [6, 6.07) is 12.1. The van der Waals surface area contributed by atoms with Gasteiger partial charge in [-0.3, -0.25) is 4.79 Å². The summed E-state index contributed by atoms with van der Waals surface area (Å²) in [6.45, 7) is 1.87. The molecule has 0 aliphatic heterocycles. The Bertz CT molecular complexity index is 725. The van der Waals surface area contributed by atoms with Crippen molar-refractivity contribution in [3.05, 3.63) is 64.4 Å². The van der Waals surface area contributed by atoms with Gasteiger partial charge in [-0.05, 0) is 55.2 Å². The zero-order valence-electron chi connectivity index (χ0n) is 12.3. The van der Waals surface area contributed by atoms with Crippen LogP contribution in [0.1, 0.15) is 30.4 Å². The molecule has 1 fully saturated rings. The lowest BCUT2D eigenvalue weighted by Crippen LogP contribution is -2.46. The van der Waals surface area contributed by atoms with E-state index in [9.17, 15) is 9.18 Å². The van der Waals surface area contributed by atoms with Crippen molar-refractivity contribution < 1.29 is 9.18 Å². The molecule has 22 heavy (non-hydrogen) atoms. The number of aryl methyl sites for hydroxylation is 1. The Morgan fingerprint density at radius 2 is 2.00 bits per heavy atom. The highest BCUT2D eigenvalue weighted by atomic mass is 35.5. The van der Waals surface area contributed by atoms with E-state index in [-0.39, 0.29) is 11.6 Å². The van der Waals surface area contributed by atoms with Gasteiger partial charge >= 0.3 is 0 Å². The standard InChI is InChI=1S/C18H17ClFNO/c1-12-6-7-15(20)16(10-12)21-17(22)18(8-3-9-18)13-4-2-5-14(19)11-13/h2,4-7,10-11H,3,8-9H2,1H3,(H,21,22).